The summed E-state index contributed by atoms with van der Waals surface area (Å²) in [6.07, 6.45) is 1.87. The lowest BCUT2D eigenvalue weighted by molar-refractivity contribution is 0.218. The fourth-order valence-electron chi connectivity index (χ4n) is 4.73. The first-order valence-corrected chi connectivity index (χ1v) is 15.0. The summed E-state index contributed by atoms with van der Waals surface area (Å²) in [6.45, 7) is 0. The highest BCUT2D eigenvalue weighted by molar-refractivity contribution is 7.73. The van der Waals surface area contributed by atoms with Crippen LogP contribution in [0.4, 0.5) is 4.79 Å². The molecule has 1 saturated heterocycles. The maximum absolute atomic E-state index is 12.9. The zero-order valence-electron chi connectivity index (χ0n) is 19.9. The minimum atomic E-state index is -0.594. The van der Waals surface area contributed by atoms with Gasteiger partial charge in [0.25, 0.3) is 0 Å². The minimum absolute atomic E-state index is 0.0344. The second kappa shape index (κ2) is 11.2. The molecule has 5 heteroatoms. The van der Waals surface area contributed by atoms with E-state index in [2.05, 4.69) is 127 Å². The molecule has 0 aromatic heterocycles. The van der Waals surface area contributed by atoms with Crippen LogP contribution in [0.1, 0.15) is 0 Å². The van der Waals surface area contributed by atoms with Gasteiger partial charge in [0.15, 0.2) is 0 Å². The van der Waals surface area contributed by atoms with Gasteiger partial charge < -0.3 is 10.2 Å². The fraction of sp³-hybridized carbons (Fsp3) is 0.167. The molecule has 1 aliphatic rings. The Bertz CT molecular complexity index is 1140. The highest BCUT2D eigenvalue weighted by Crippen LogP contribution is 2.40. The van der Waals surface area contributed by atoms with E-state index in [4.69, 9.17) is 0 Å². The van der Waals surface area contributed by atoms with Crippen molar-refractivity contribution in [2.45, 2.75) is 12.1 Å². The monoisotopic (exact) mass is 496 g/mol. The molecule has 176 valence electrons. The van der Waals surface area contributed by atoms with Crippen molar-refractivity contribution in [2.24, 2.45) is 0 Å². The van der Waals surface area contributed by atoms with Crippen LogP contribution in [0, 0.1) is 0 Å². The van der Waals surface area contributed by atoms with E-state index in [9.17, 15) is 4.79 Å². The Balaban J connectivity index is 1.47. The summed E-state index contributed by atoms with van der Waals surface area (Å²) in [5.74, 6) is 0. The van der Waals surface area contributed by atoms with Crippen molar-refractivity contribution in [1.82, 2.24) is 10.2 Å². The summed E-state index contributed by atoms with van der Waals surface area (Å²) in [6, 6.07) is 43.4. The summed E-state index contributed by atoms with van der Waals surface area (Å²) in [5, 5.41) is 8.76. The molecule has 0 radical (unpaired) electrons. The average Bonchev–Trinajstić information content (AvgIpc) is 3.19. The largest absolute Gasteiger partial charge is 0.333 e. The molecule has 35 heavy (non-hydrogen) atoms. The lowest BCUT2D eigenvalue weighted by Gasteiger charge is -2.31. The van der Waals surface area contributed by atoms with Crippen LogP contribution in [-0.2, 0) is 0 Å². The molecule has 0 unspecified atom stereocenters. The molecular formula is C30H30N2OP2. The maximum atomic E-state index is 12.9. The average molecular weight is 497 g/mol. The summed E-state index contributed by atoms with van der Waals surface area (Å²) in [4.78, 5) is 14.9. The molecule has 1 fully saturated rings. The quantitative estimate of drug-likeness (QED) is 0.354. The van der Waals surface area contributed by atoms with Crippen LogP contribution in [0.2, 0.25) is 0 Å². The molecule has 0 saturated carbocycles. The number of urea groups is 1. The first-order valence-electron chi connectivity index (χ1n) is 12.0. The summed E-state index contributed by atoms with van der Waals surface area (Å²) in [7, 11) is 0.766. The third-order valence-electron chi connectivity index (χ3n) is 6.61. The highest BCUT2D eigenvalue weighted by atomic mass is 31.1. The Morgan fingerprint density at radius 2 is 0.943 bits per heavy atom. The third kappa shape index (κ3) is 5.48. The van der Waals surface area contributed by atoms with Crippen LogP contribution >= 0.6 is 15.8 Å². The van der Waals surface area contributed by atoms with E-state index in [1.807, 2.05) is 11.9 Å². The lowest BCUT2D eigenvalue weighted by atomic mass is 10.2. The van der Waals surface area contributed by atoms with Crippen LogP contribution in [0.25, 0.3) is 0 Å². The van der Waals surface area contributed by atoms with Gasteiger partial charge in [-0.2, -0.15) is 0 Å². The van der Waals surface area contributed by atoms with Crippen molar-refractivity contribution >= 4 is 43.1 Å². The second-order valence-electron chi connectivity index (χ2n) is 8.80. The van der Waals surface area contributed by atoms with Gasteiger partial charge in [0.1, 0.15) is 0 Å². The van der Waals surface area contributed by atoms with E-state index >= 15 is 0 Å². The van der Waals surface area contributed by atoms with Crippen LogP contribution in [0.15, 0.2) is 121 Å². The molecule has 1 aliphatic heterocycles. The molecule has 5 rings (SSSR count). The summed E-state index contributed by atoms with van der Waals surface area (Å²) >= 11 is 0. The lowest BCUT2D eigenvalue weighted by Crippen LogP contribution is -2.42. The van der Waals surface area contributed by atoms with Crippen LogP contribution in [0.5, 0.6) is 0 Å². The Morgan fingerprint density at radius 3 is 1.31 bits per heavy atom. The van der Waals surface area contributed by atoms with Gasteiger partial charge >= 0.3 is 6.03 Å². The fourth-order valence-corrected chi connectivity index (χ4v) is 9.90. The van der Waals surface area contributed by atoms with Gasteiger partial charge in [-0.05, 0) is 49.4 Å². The Morgan fingerprint density at radius 1 is 0.600 bits per heavy atom. The predicted octanol–water partition coefficient (Wildman–Crippen LogP) is 4.64. The van der Waals surface area contributed by atoms with Gasteiger partial charge in [-0.3, -0.25) is 0 Å². The van der Waals surface area contributed by atoms with E-state index in [1.54, 1.807) is 0 Å². The summed E-state index contributed by atoms with van der Waals surface area (Å²) < 4.78 is 0. The van der Waals surface area contributed by atoms with E-state index in [1.165, 1.54) is 21.2 Å². The SMILES string of the molecule is CN1C(=O)N[C@H](CP(c2ccccc2)c2ccccc2)[C@H]1CP(c1ccccc1)c1ccccc1. The standard InChI is InChI=1S/C30H30N2OP2/c1-32-29(23-35(26-18-10-4-11-19-26)27-20-12-5-13-21-27)28(31-30(32)33)22-34(24-14-6-2-7-15-24)25-16-8-3-9-17-25/h2-21,28-29H,22-23H2,1H3,(H,31,33)/t28-,29-/m1/s1. The van der Waals surface area contributed by atoms with Crippen LogP contribution in [-0.4, -0.2) is 42.4 Å². The first kappa shape index (κ1) is 23.7. The number of nitrogens with one attached hydrogen (secondary N) is 1. The van der Waals surface area contributed by atoms with Crippen LogP contribution < -0.4 is 26.5 Å². The number of carbonyl (C=O) groups excluding carboxylic acids is 1. The van der Waals surface area contributed by atoms with E-state index in [0.29, 0.717) is 0 Å². The van der Waals surface area contributed by atoms with Crippen molar-refractivity contribution in [1.29, 1.82) is 0 Å². The first-order chi connectivity index (χ1) is 17.2. The molecule has 3 nitrogen and oxygen atoms in total. The number of hydrogen-bond acceptors (Lipinski definition) is 1. The second-order valence-corrected chi connectivity index (χ2v) is 13.3. The number of amides is 2. The van der Waals surface area contributed by atoms with Gasteiger partial charge in [-0.25, -0.2) is 4.79 Å². The number of benzene rings is 4. The van der Waals surface area contributed by atoms with Gasteiger partial charge in [-0.1, -0.05) is 121 Å². The number of hydrogen-bond donors (Lipinski definition) is 1. The van der Waals surface area contributed by atoms with E-state index < -0.39 is 15.8 Å². The van der Waals surface area contributed by atoms with Gasteiger partial charge in [0.2, 0.25) is 0 Å². The van der Waals surface area contributed by atoms with Gasteiger partial charge in [0.05, 0.1) is 12.1 Å². The highest BCUT2D eigenvalue weighted by Gasteiger charge is 2.40. The zero-order valence-corrected chi connectivity index (χ0v) is 21.7. The molecule has 4 aromatic carbocycles. The van der Waals surface area contributed by atoms with Crippen molar-refractivity contribution in [3.63, 3.8) is 0 Å². The Hall–Kier alpha value is -2.99. The third-order valence-corrected chi connectivity index (χ3v) is 11.8. The molecule has 2 atom stereocenters. The van der Waals surface area contributed by atoms with Crippen molar-refractivity contribution in [3.05, 3.63) is 121 Å². The molecular weight excluding hydrogens is 466 g/mol. The van der Waals surface area contributed by atoms with Crippen molar-refractivity contribution in [3.8, 4) is 0 Å². The number of rotatable bonds is 8. The molecule has 4 aromatic rings. The maximum Gasteiger partial charge on any atom is 0.317 e. The molecule has 0 aliphatic carbocycles. The van der Waals surface area contributed by atoms with Crippen molar-refractivity contribution in [2.75, 3.05) is 19.4 Å². The van der Waals surface area contributed by atoms with Crippen molar-refractivity contribution < 1.29 is 4.79 Å². The number of nitrogens with zero attached hydrogens (tertiary/aromatic N) is 1. The van der Waals surface area contributed by atoms with Gasteiger partial charge in [-0.15, -0.1) is 0 Å². The minimum Gasteiger partial charge on any atom is -0.333 e. The van der Waals surface area contributed by atoms with Gasteiger partial charge in [0, 0.05) is 7.05 Å². The molecule has 2 amide bonds. The summed E-state index contributed by atoms with van der Waals surface area (Å²) in [5.41, 5.74) is 0. The van der Waals surface area contributed by atoms with E-state index in [0.717, 1.165) is 12.3 Å². The molecule has 0 spiro atoms. The molecule has 0 bridgehead atoms. The number of carbonyl (C=O) groups is 1. The molecule has 1 heterocycles. The Labute approximate surface area is 210 Å². The Kier molecular flexibility index (Phi) is 7.57. The van der Waals surface area contributed by atoms with E-state index in [-0.39, 0.29) is 18.1 Å². The normalized spacial score (nSPS) is 17.7. The number of likely N-dealkylation sites (N-methyl/N-ethyl adjacent to an activating group) is 1. The molecule has 1 N–H and O–H groups in total. The zero-order chi connectivity index (χ0) is 24.0. The van der Waals surface area contributed by atoms with Crippen LogP contribution in [0.3, 0.4) is 0 Å². The topological polar surface area (TPSA) is 32.3 Å². The predicted molar refractivity (Wildman–Crippen MR) is 152 cm³/mol. The smallest absolute Gasteiger partial charge is 0.317 e.